The molecule has 1 aliphatic heterocycles. The first-order chi connectivity index (χ1) is 15.3. The molecular weight excluding hydrogens is 430 g/mol. The summed E-state index contributed by atoms with van der Waals surface area (Å²) >= 11 is 0. The maximum absolute atomic E-state index is 13.0. The first-order valence-corrected chi connectivity index (χ1v) is 11.8. The Labute approximate surface area is 184 Å². The minimum atomic E-state index is -3.94. The van der Waals surface area contributed by atoms with E-state index in [4.69, 9.17) is 0 Å². The van der Waals surface area contributed by atoms with Crippen molar-refractivity contribution >= 4 is 27.5 Å². The summed E-state index contributed by atoms with van der Waals surface area (Å²) in [6.07, 6.45) is 1.34. The van der Waals surface area contributed by atoms with Crippen LogP contribution in [0.25, 0.3) is 11.4 Å². The van der Waals surface area contributed by atoms with Gasteiger partial charge in [0.15, 0.2) is 5.82 Å². The highest BCUT2D eigenvalue weighted by Gasteiger charge is 2.48. The van der Waals surface area contributed by atoms with Crippen molar-refractivity contribution in [1.82, 2.24) is 19.5 Å². The Morgan fingerprint density at radius 2 is 1.91 bits per heavy atom. The number of hydrogen-bond donors (Lipinski definition) is 2. The summed E-state index contributed by atoms with van der Waals surface area (Å²) in [6, 6.07) is 11.0. The highest BCUT2D eigenvalue weighted by Crippen LogP contribution is 2.39. The molecule has 10 heteroatoms. The maximum atomic E-state index is 13.0. The molecule has 2 aliphatic rings. The first-order valence-electron chi connectivity index (χ1n) is 10.3. The van der Waals surface area contributed by atoms with Gasteiger partial charge in [-0.05, 0) is 43.2 Å². The monoisotopic (exact) mass is 451 g/mol. The molecule has 2 aromatic carbocycles. The van der Waals surface area contributed by atoms with Crippen LogP contribution in [-0.4, -0.2) is 45.8 Å². The lowest BCUT2D eigenvalue weighted by Gasteiger charge is -2.13. The van der Waals surface area contributed by atoms with E-state index in [1.165, 1.54) is 18.2 Å². The van der Waals surface area contributed by atoms with Crippen LogP contribution in [0.3, 0.4) is 0 Å². The zero-order valence-electron chi connectivity index (χ0n) is 17.5. The molecule has 0 bridgehead atoms. The number of amides is 2. The van der Waals surface area contributed by atoms with E-state index in [9.17, 15) is 18.0 Å². The topological polar surface area (TPSA) is 125 Å². The number of aromatic nitrogens is 3. The van der Waals surface area contributed by atoms with E-state index in [-0.39, 0.29) is 28.0 Å². The molecule has 1 aliphatic carbocycles. The summed E-state index contributed by atoms with van der Waals surface area (Å²) < 4.78 is 26.7. The zero-order chi connectivity index (χ0) is 22.6. The minimum Gasteiger partial charge on any atom is -0.321 e. The molecule has 1 aromatic heterocycles. The normalized spacial score (nSPS) is 17.0. The van der Waals surface area contributed by atoms with Gasteiger partial charge in [0, 0.05) is 23.1 Å². The van der Waals surface area contributed by atoms with E-state index in [1.54, 1.807) is 18.2 Å². The molecule has 2 heterocycles. The van der Waals surface area contributed by atoms with Crippen LogP contribution in [0.5, 0.6) is 0 Å². The number of hydrogen-bond acceptors (Lipinski definition) is 6. The second-order valence-corrected chi connectivity index (χ2v) is 10.0. The van der Waals surface area contributed by atoms with E-state index in [0.29, 0.717) is 29.9 Å². The van der Waals surface area contributed by atoms with E-state index in [1.807, 2.05) is 19.9 Å². The highest BCUT2D eigenvalue weighted by molar-refractivity contribution is 7.90. The molecule has 164 valence electrons. The lowest BCUT2D eigenvalue weighted by Crippen LogP contribution is -2.31. The molecule has 3 aromatic rings. The average Bonchev–Trinajstić information content (AvgIpc) is 3.41. The predicted molar refractivity (Wildman–Crippen MR) is 117 cm³/mol. The van der Waals surface area contributed by atoms with E-state index in [0.717, 1.165) is 10.1 Å². The van der Waals surface area contributed by atoms with Gasteiger partial charge in [-0.3, -0.25) is 14.7 Å². The Bertz CT molecular complexity index is 1360. The van der Waals surface area contributed by atoms with Crippen molar-refractivity contribution in [1.29, 1.82) is 0 Å². The molecule has 0 saturated heterocycles. The van der Waals surface area contributed by atoms with Crippen LogP contribution in [0.4, 0.5) is 5.69 Å². The van der Waals surface area contributed by atoms with Crippen molar-refractivity contribution in [2.75, 3.05) is 5.32 Å². The number of nitrogens with zero attached hydrogens (tertiary/aromatic N) is 3. The van der Waals surface area contributed by atoms with Gasteiger partial charge in [-0.1, -0.05) is 26.0 Å². The summed E-state index contributed by atoms with van der Waals surface area (Å²) in [4.78, 5) is 29.9. The van der Waals surface area contributed by atoms with Gasteiger partial charge in [0.05, 0.1) is 11.3 Å². The number of aromatic amines is 1. The predicted octanol–water partition coefficient (Wildman–Crippen LogP) is 3.15. The fourth-order valence-electron chi connectivity index (χ4n) is 3.69. The fourth-order valence-corrected chi connectivity index (χ4v) is 5.53. The first kappa shape index (κ1) is 20.4. The second-order valence-electron chi connectivity index (χ2n) is 8.25. The third kappa shape index (κ3) is 3.27. The van der Waals surface area contributed by atoms with Crippen LogP contribution in [0.1, 0.15) is 59.1 Å². The highest BCUT2D eigenvalue weighted by atomic mass is 32.2. The smallest absolute Gasteiger partial charge is 0.269 e. The van der Waals surface area contributed by atoms with Crippen LogP contribution in [0, 0.1) is 0 Å². The number of carbonyl (C=O) groups is 2. The Morgan fingerprint density at radius 1 is 1.16 bits per heavy atom. The maximum Gasteiger partial charge on any atom is 0.269 e. The van der Waals surface area contributed by atoms with E-state index >= 15 is 0 Å². The van der Waals surface area contributed by atoms with E-state index in [2.05, 4.69) is 20.5 Å². The lowest BCUT2D eigenvalue weighted by atomic mass is 10.1. The van der Waals surface area contributed by atoms with Gasteiger partial charge in [-0.25, -0.2) is 17.7 Å². The molecule has 5 rings (SSSR count). The van der Waals surface area contributed by atoms with Crippen molar-refractivity contribution in [3.63, 3.8) is 0 Å². The molecule has 1 fully saturated rings. The average molecular weight is 452 g/mol. The van der Waals surface area contributed by atoms with Crippen molar-refractivity contribution < 1.29 is 18.0 Å². The Balaban J connectivity index is 1.45. The number of sulfonamides is 1. The summed E-state index contributed by atoms with van der Waals surface area (Å²) in [6.45, 7) is 3.99. The van der Waals surface area contributed by atoms with Gasteiger partial charge in [0.2, 0.25) is 0 Å². The van der Waals surface area contributed by atoms with Crippen molar-refractivity contribution in [2.24, 2.45) is 0 Å². The quantitative estimate of drug-likeness (QED) is 0.614. The van der Waals surface area contributed by atoms with Gasteiger partial charge in [0.1, 0.15) is 10.7 Å². The van der Waals surface area contributed by atoms with Crippen LogP contribution in [-0.2, 0) is 10.0 Å². The van der Waals surface area contributed by atoms with Crippen molar-refractivity contribution in [2.45, 2.75) is 43.5 Å². The Morgan fingerprint density at radius 3 is 2.59 bits per heavy atom. The number of carbonyl (C=O) groups excluding carboxylic acids is 2. The van der Waals surface area contributed by atoms with Crippen LogP contribution in [0.15, 0.2) is 47.4 Å². The molecule has 0 radical (unpaired) electrons. The minimum absolute atomic E-state index is 0.107. The van der Waals surface area contributed by atoms with Gasteiger partial charge in [0.25, 0.3) is 21.8 Å². The lowest BCUT2D eigenvalue weighted by molar-refractivity contribution is 0.0864. The van der Waals surface area contributed by atoms with Gasteiger partial charge in [-0.15, -0.1) is 0 Å². The Kier molecular flexibility index (Phi) is 4.63. The SMILES string of the molecule is CC(C)c1nc(-c2ccccc2NC(=O)c2ccc3c(c2)S(=O)(=O)N(C2CC2)C3=O)n[nH]1. The Hall–Kier alpha value is -3.53. The third-order valence-electron chi connectivity index (χ3n) is 5.56. The molecule has 0 atom stereocenters. The molecule has 2 amide bonds. The second kappa shape index (κ2) is 7.27. The summed E-state index contributed by atoms with van der Waals surface area (Å²) in [5.41, 5.74) is 1.37. The van der Waals surface area contributed by atoms with Crippen LogP contribution < -0.4 is 5.32 Å². The summed E-state index contributed by atoms with van der Waals surface area (Å²) in [5.74, 6) is 0.337. The number of rotatable bonds is 5. The summed E-state index contributed by atoms with van der Waals surface area (Å²) in [7, 11) is -3.94. The van der Waals surface area contributed by atoms with Gasteiger partial charge >= 0.3 is 0 Å². The van der Waals surface area contributed by atoms with Crippen LogP contribution >= 0.6 is 0 Å². The number of para-hydroxylation sites is 1. The van der Waals surface area contributed by atoms with Crippen molar-refractivity contribution in [3.8, 4) is 11.4 Å². The molecular formula is C22H21N5O4S. The molecule has 0 spiro atoms. The zero-order valence-corrected chi connectivity index (χ0v) is 18.3. The van der Waals surface area contributed by atoms with Crippen molar-refractivity contribution in [3.05, 3.63) is 59.4 Å². The summed E-state index contributed by atoms with van der Waals surface area (Å²) in [5, 5.41) is 9.96. The molecule has 9 nitrogen and oxygen atoms in total. The van der Waals surface area contributed by atoms with E-state index < -0.39 is 21.8 Å². The number of anilines is 1. The van der Waals surface area contributed by atoms with Crippen LogP contribution in [0.2, 0.25) is 0 Å². The fraction of sp³-hybridized carbons (Fsp3) is 0.273. The van der Waals surface area contributed by atoms with Gasteiger partial charge in [-0.2, -0.15) is 5.10 Å². The number of nitrogens with one attached hydrogen (secondary N) is 2. The number of H-pyrrole nitrogens is 1. The molecule has 2 N–H and O–H groups in total. The standard InChI is InChI=1S/C22H21N5O4S/c1-12(2)19-24-20(26-25-19)15-5-3-4-6-17(15)23-21(28)13-7-10-16-18(11-13)32(30,31)27(22(16)29)14-8-9-14/h3-7,10-12,14H,8-9H2,1-2H3,(H,23,28)(H,24,25,26). The number of fused-ring (bicyclic) bond motifs is 1. The number of benzene rings is 2. The molecule has 1 saturated carbocycles. The van der Waals surface area contributed by atoms with Gasteiger partial charge < -0.3 is 5.32 Å². The molecule has 0 unspecified atom stereocenters. The largest absolute Gasteiger partial charge is 0.321 e. The molecule has 32 heavy (non-hydrogen) atoms. The third-order valence-corrected chi connectivity index (χ3v) is 7.43.